The molecule has 0 aromatic carbocycles. The highest BCUT2D eigenvalue weighted by Crippen LogP contribution is 2.37. The fourth-order valence-electron chi connectivity index (χ4n) is 4.44. The van der Waals surface area contributed by atoms with E-state index >= 15 is 0 Å². The van der Waals surface area contributed by atoms with E-state index in [0.29, 0.717) is 30.9 Å². The molecule has 1 unspecified atom stereocenters. The minimum atomic E-state index is -4.55. The van der Waals surface area contributed by atoms with Crippen LogP contribution in [0.3, 0.4) is 0 Å². The third-order valence-electron chi connectivity index (χ3n) is 6.40. The minimum Gasteiger partial charge on any atom is -0.453 e. The second-order valence-corrected chi connectivity index (χ2v) is 9.17. The smallest absolute Gasteiger partial charge is 0.415 e. The normalized spacial score (nSPS) is 21.3. The van der Waals surface area contributed by atoms with E-state index in [0.717, 1.165) is 23.9 Å². The van der Waals surface area contributed by atoms with Gasteiger partial charge in [-0.05, 0) is 45.2 Å². The molecule has 1 saturated heterocycles. The Balaban J connectivity index is 1.57. The third kappa shape index (κ3) is 5.72. The molecule has 1 saturated carbocycles. The van der Waals surface area contributed by atoms with Crippen molar-refractivity contribution in [3.05, 3.63) is 23.5 Å². The molecule has 2 aliphatic rings. The van der Waals surface area contributed by atoms with Gasteiger partial charge in [0.05, 0.1) is 18.8 Å². The number of carbonyl (C=O) groups excluding carboxylic acids is 2. The summed E-state index contributed by atoms with van der Waals surface area (Å²) >= 11 is 0. The number of fused-ring (bicyclic) bond motifs is 1. The van der Waals surface area contributed by atoms with Crippen LogP contribution in [0, 0.1) is 6.92 Å². The molecule has 2 aromatic heterocycles. The van der Waals surface area contributed by atoms with Crippen molar-refractivity contribution in [1.29, 1.82) is 0 Å². The van der Waals surface area contributed by atoms with Crippen LogP contribution in [0.2, 0.25) is 0 Å². The predicted octanol–water partition coefficient (Wildman–Crippen LogP) is 2.46. The van der Waals surface area contributed by atoms with E-state index in [4.69, 9.17) is 9.84 Å². The standard InChI is InChI=1S/C23H31F3N6O4/c1-13-5-8-16-19(30-31(20(16)29-13)10-4-9-28-22(34)35-3)14(2)32(15-6-7-15)21(33)17-11-27-12-18(36-17)23(24,25)26/h5,8,14-15,17-18,27H,4,6-7,9-12H2,1-3H3,(H,28,34)/t14-,17-,18?/m1/s1. The van der Waals surface area contributed by atoms with Crippen LogP contribution in [0.1, 0.15) is 43.6 Å². The number of nitrogens with one attached hydrogen (secondary N) is 2. The van der Waals surface area contributed by atoms with Gasteiger partial charge in [-0.3, -0.25) is 4.79 Å². The first kappa shape index (κ1) is 26.1. The second-order valence-electron chi connectivity index (χ2n) is 9.17. The molecule has 4 rings (SSSR count). The Morgan fingerprint density at radius 1 is 1.33 bits per heavy atom. The van der Waals surface area contributed by atoms with Gasteiger partial charge in [-0.15, -0.1) is 0 Å². The molecule has 2 aromatic rings. The lowest BCUT2D eigenvalue weighted by atomic mass is 10.1. The van der Waals surface area contributed by atoms with Crippen molar-refractivity contribution >= 4 is 23.0 Å². The maximum absolute atomic E-state index is 13.5. The average molecular weight is 513 g/mol. The summed E-state index contributed by atoms with van der Waals surface area (Å²) in [4.78, 5) is 31.0. The fraction of sp³-hybridized carbons (Fsp3) is 0.652. The number of ether oxygens (including phenoxy) is 2. The lowest BCUT2D eigenvalue weighted by Gasteiger charge is -2.36. The summed E-state index contributed by atoms with van der Waals surface area (Å²) in [6.45, 7) is 4.18. The van der Waals surface area contributed by atoms with Gasteiger partial charge in [0.2, 0.25) is 0 Å². The lowest BCUT2D eigenvalue weighted by molar-refractivity contribution is -0.239. The van der Waals surface area contributed by atoms with Gasteiger partial charge in [-0.1, -0.05) is 0 Å². The van der Waals surface area contributed by atoms with E-state index in [9.17, 15) is 22.8 Å². The number of morpholine rings is 1. The third-order valence-corrected chi connectivity index (χ3v) is 6.40. The van der Waals surface area contributed by atoms with E-state index in [-0.39, 0.29) is 19.1 Å². The van der Waals surface area contributed by atoms with Gasteiger partial charge in [0, 0.05) is 43.3 Å². The van der Waals surface area contributed by atoms with Crippen molar-refractivity contribution < 1.29 is 32.2 Å². The molecule has 10 nitrogen and oxygen atoms in total. The highest BCUT2D eigenvalue weighted by Gasteiger charge is 2.48. The van der Waals surface area contributed by atoms with Crippen molar-refractivity contribution in [3.63, 3.8) is 0 Å². The number of rotatable bonds is 8. The number of alkyl halides is 3. The molecule has 13 heteroatoms. The van der Waals surface area contributed by atoms with Crippen LogP contribution in [-0.2, 0) is 20.8 Å². The highest BCUT2D eigenvalue weighted by molar-refractivity contribution is 5.84. The number of hydrogen-bond acceptors (Lipinski definition) is 7. The molecule has 0 radical (unpaired) electrons. The van der Waals surface area contributed by atoms with E-state index in [2.05, 4.69) is 20.4 Å². The van der Waals surface area contributed by atoms with Crippen molar-refractivity contribution in [2.45, 2.75) is 70.1 Å². The number of halogens is 3. The predicted molar refractivity (Wildman–Crippen MR) is 123 cm³/mol. The van der Waals surface area contributed by atoms with Crippen molar-refractivity contribution in [2.24, 2.45) is 0 Å². The molecule has 198 valence electrons. The first-order chi connectivity index (χ1) is 17.1. The number of methoxy groups -OCH3 is 1. The monoisotopic (exact) mass is 512 g/mol. The summed E-state index contributed by atoms with van der Waals surface area (Å²) in [5, 5.41) is 10.8. The van der Waals surface area contributed by atoms with Crippen LogP contribution in [0.5, 0.6) is 0 Å². The van der Waals surface area contributed by atoms with Crippen LogP contribution in [-0.4, -0.2) is 82.8 Å². The zero-order valence-corrected chi connectivity index (χ0v) is 20.5. The zero-order valence-electron chi connectivity index (χ0n) is 20.5. The molecule has 3 heterocycles. The summed E-state index contributed by atoms with van der Waals surface area (Å²) in [5.41, 5.74) is 2.06. The SMILES string of the molecule is COC(=O)NCCCn1nc([C@@H](C)N(C(=O)[C@H]2CNCC(C(F)(F)F)O2)C2CC2)c2ccc(C)nc21. The Bertz CT molecular complexity index is 1100. The number of aromatic nitrogens is 3. The Labute approximate surface area is 206 Å². The molecular formula is C23H31F3N6O4. The Hall–Kier alpha value is -2.93. The molecule has 0 bridgehead atoms. The largest absolute Gasteiger partial charge is 0.453 e. The average Bonchev–Trinajstić information content (AvgIpc) is 3.62. The Morgan fingerprint density at radius 3 is 2.75 bits per heavy atom. The number of carbonyl (C=O) groups is 2. The quantitative estimate of drug-likeness (QED) is 0.523. The van der Waals surface area contributed by atoms with Gasteiger partial charge in [0.15, 0.2) is 11.8 Å². The van der Waals surface area contributed by atoms with Gasteiger partial charge in [-0.25, -0.2) is 14.5 Å². The number of nitrogens with zero attached hydrogens (tertiary/aromatic N) is 4. The maximum Gasteiger partial charge on any atom is 0.415 e. The number of amides is 2. The number of aryl methyl sites for hydroxylation is 2. The molecule has 2 amide bonds. The van der Waals surface area contributed by atoms with Crippen LogP contribution < -0.4 is 10.6 Å². The number of pyridine rings is 1. The molecule has 2 fully saturated rings. The second kappa shape index (κ2) is 10.6. The minimum absolute atomic E-state index is 0.0183. The van der Waals surface area contributed by atoms with E-state index in [1.54, 1.807) is 9.58 Å². The van der Waals surface area contributed by atoms with E-state index in [1.165, 1.54) is 7.11 Å². The molecule has 36 heavy (non-hydrogen) atoms. The molecular weight excluding hydrogens is 481 g/mol. The molecule has 1 aliphatic carbocycles. The lowest BCUT2D eigenvalue weighted by Crippen LogP contribution is -2.56. The van der Waals surface area contributed by atoms with E-state index in [1.807, 2.05) is 26.0 Å². The summed E-state index contributed by atoms with van der Waals surface area (Å²) in [7, 11) is 1.29. The van der Waals surface area contributed by atoms with Crippen molar-refractivity contribution in [2.75, 3.05) is 26.7 Å². The molecule has 1 aliphatic heterocycles. The maximum atomic E-state index is 13.5. The van der Waals surface area contributed by atoms with Crippen LogP contribution >= 0.6 is 0 Å². The summed E-state index contributed by atoms with van der Waals surface area (Å²) in [6.07, 6.45) is -6.21. The Kier molecular flexibility index (Phi) is 7.69. The highest BCUT2D eigenvalue weighted by atomic mass is 19.4. The van der Waals surface area contributed by atoms with E-state index < -0.39 is 36.4 Å². The molecule has 2 N–H and O–H groups in total. The summed E-state index contributed by atoms with van der Waals surface area (Å²) < 4.78 is 51.2. The van der Waals surface area contributed by atoms with Crippen molar-refractivity contribution in [1.82, 2.24) is 30.3 Å². The van der Waals surface area contributed by atoms with Gasteiger partial charge in [-0.2, -0.15) is 18.3 Å². The van der Waals surface area contributed by atoms with Crippen LogP contribution in [0.4, 0.5) is 18.0 Å². The van der Waals surface area contributed by atoms with Crippen LogP contribution in [0.15, 0.2) is 12.1 Å². The number of alkyl carbamates (subject to hydrolysis) is 1. The number of hydrogen-bond donors (Lipinski definition) is 2. The topological polar surface area (TPSA) is 111 Å². The Morgan fingerprint density at radius 2 is 2.08 bits per heavy atom. The van der Waals surface area contributed by atoms with Gasteiger partial charge in [0.25, 0.3) is 5.91 Å². The molecule has 3 atom stereocenters. The first-order valence-electron chi connectivity index (χ1n) is 12.0. The fourth-order valence-corrected chi connectivity index (χ4v) is 4.44. The first-order valence-corrected chi connectivity index (χ1v) is 12.0. The van der Waals surface area contributed by atoms with Gasteiger partial charge >= 0.3 is 12.3 Å². The van der Waals surface area contributed by atoms with Gasteiger partial charge in [0.1, 0.15) is 6.10 Å². The zero-order chi connectivity index (χ0) is 26.0. The van der Waals surface area contributed by atoms with Gasteiger partial charge < -0.3 is 25.0 Å². The molecule has 0 spiro atoms. The van der Waals surface area contributed by atoms with Crippen LogP contribution in [0.25, 0.3) is 11.0 Å². The summed E-state index contributed by atoms with van der Waals surface area (Å²) in [6, 6.07) is 3.18. The summed E-state index contributed by atoms with van der Waals surface area (Å²) in [5.74, 6) is -0.475. The van der Waals surface area contributed by atoms with Crippen molar-refractivity contribution in [3.8, 4) is 0 Å².